The maximum Gasteiger partial charge on any atom is 0.265 e. The minimum Gasteiger partial charge on any atom is -0.295 e. The van der Waals surface area contributed by atoms with Crippen molar-refractivity contribution in [1.82, 2.24) is 4.31 Å². The van der Waals surface area contributed by atoms with Crippen molar-refractivity contribution in [2.45, 2.75) is 37.6 Å². The van der Waals surface area contributed by atoms with Crippen molar-refractivity contribution < 1.29 is 13.2 Å². The lowest BCUT2D eigenvalue weighted by Crippen LogP contribution is -2.49. The van der Waals surface area contributed by atoms with E-state index in [9.17, 15) is 13.2 Å². The number of rotatable bonds is 4. The van der Waals surface area contributed by atoms with Gasteiger partial charge in [0.2, 0.25) is 0 Å². The lowest BCUT2D eigenvalue weighted by molar-refractivity contribution is -0.116. The summed E-state index contributed by atoms with van der Waals surface area (Å²) in [6.07, 6.45) is 5.58. The SMILES string of the molecule is CSC1=C(C)N(S(=O)(=O)c2ccc(C)cc2)[C@@]2(c3ccc(C)cc3)C=CC(=O)C[C@@H]12. The average molecular weight is 440 g/mol. The van der Waals surface area contributed by atoms with E-state index in [1.807, 2.05) is 63.4 Å². The third-order valence-electron chi connectivity index (χ3n) is 6.07. The summed E-state index contributed by atoms with van der Waals surface area (Å²) in [5.41, 5.74) is 2.72. The summed E-state index contributed by atoms with van der Waals surface area (Å²) >= 11 is 1.53. The van der Waals surface area contributed by atoms with Gasteiger partial charge >= 0.3 is 0 Å². The van der Waals surface area contributed by atoms with Gasteiger partial charge in [-0.15, -0.1) is 11.8 Å². The number of hydrogen-bond donors (Lipinski definition) is 0. The van der Waals surface area contributed by atoms with Crippen LogP contribution in [0.5, 0.6) is 0 Å². The van der Waals surface area contributed by atoms with E-state index in [1.165, 1.54) is 11.8 Å². The molecule has 6 heteroatoms. The van der Waals surface area contributed by atoms with Crippen LogP contribution in [0.2, 0.25) is 0 Å². The highest BCUT2D eigenvalue weighted by Gasteiger charge is 2.57. The van der Waals surface area contributed by atoms with E-state index in [0.29, 0.717) is 5.70 Å². The third kappa shape index (κ3) is 3.05. The van der Waals surface area contributed by atoms with Crippen LogP contribution < -0.4 is 0 Å². The molecule has 2 atom stereocenters. The zero-order chi connectivity index (χ0) is 21.7. The maximum absolute atomic E-state index is 14.0. The molecule has 0 spiro atoms. The van der Waals surface area contributed by atoms with Gasteiger partial charge in [-0.2, -0.15) is 0 Å². The molecule has 156 valence electrons. The van der Waals surface area contributed by atoms with Crippen molar-refractivity contribution in [3.8, 4) is 0 Å². The van der Waals surface area contributed by atoms with Gasteiger partial charge in [0, 0.05) is 22.9 Å². The van der Waals surface area contributed by atoms with Crippen LogP contribution in [0.25, 0.3) is 0 Å². The van der Waals surface area contributed by atoms with Gasteiger partial charge in [-0.3, -0.25) is 9.10 Å². The Morgan fingerprint density at radius 3 is 2.10 bits per heavy atom. The molecule has 2 aromatic carbocycles. The number of fused-ring (bicyclic) bond motifs is 1. The van der Waals surface area contributed by atoms with E-state index >= 15 is 0 Å². The summed E-state index contributed by atoms with van der Waals surface area (Å²) in [6.45, 7) is 5.79. The molecule has 0 amide bonds. The molecule has 0 radical (unpaired) electrons. The number of carbonyl (C=O) groups is 1. The molecule has 30 heavy (non-hydrogen) atoms. The van der Waals surface area contributed by atoms with E-state index in [1.54, 1.807) is 28.6 Å². The molecule has 2 aromatic rings. The van der Waals surface area contributed by atoms with Gasteiger partial charge in [-0.05, 0) is 56.9 Å². The van der Waals surface area contributed by atoms with Crippen LogP contribution in [0, 0.1) is 19.8 Å². The quantitative estimate of drug-likeness (QED) is 0.677. The first-order valence-electron chi connectivity index (χ1n) is 9.88. The van der Waals surface area contributed by atoms with Gasteiger partial charge in [0.25, 0.3) is 10.0 Å². The first-order valence-corrected chi connectivity index (χ1v) is 12.5. The first-order chi connectivity index (χ1) is 14.2. The van der Waals surface area contributed by atoms with Gasteiger partial charge in [0.15, 0.2) is 5.78 Å². The predicted molar refractivity (Wildman–Crippen MR) is 122 cm³/mol. The summed E-state index contributed by atoms with van der Waals surface area (Å²) in [5.74, 6) is -0.218. The van der Waals surface area contributed by atoms with E-state index < -0.39 is 15.6 Å². The second kappa shape index (κ2) is 7.43. The molecule has 0 aromatic heterocycles. The molecule has 0 N–H and O–H groups in total. The van der Waals surface area contributed by atoms with Crippen molar-refractivity contribution in [2.24, 2.45) is 5.92 Å². The van der Waals surface area contributed by atoms with Gasteiger partial charge in [0.1, 0.15) is 5.54 Å². The normalized spacial score (nSPS) is 23.8. The topological polar surface area (TPSA) is 54.5 Å². The lowest BCUT2D eigenvalue weighted by atomic mass is 9.73. The highest BCUT2D eigenvalue weighted by Crippen LogP contribution is 2.57. The monoisotopic (exact) mass is 439 g/mol. The molecule has 4 rings (SSSR count). The number of aryl methyl sites for hydroxylation is 2. The molecule has 1 aliphatic heterocycles. The van der Waals surface area contributed by atoms with Crippen molar-refractivity contribution in [3.63, 3.8) is 0 Å². The maximum atomic E-state index is 14.0. The van der Waals surface area contributed by atoms with E-state index in [4.69, 9.17) is 0 Å². The van der Waals surface area contributed by atoms with E-state index in [0.717, 1.165) is 21.6 Å². The second-order valence-corrected chi connectivity index (χ2v) is 10.6. The fourth-order valence-electron chi connectivity index (χ4n) is 4.61. The van der Waals surface area contributed by atoms with Gasteiger partial charge < -0.3 is 0 Å². The summed E-state index contributed by atoms with van der Waals surface area (Å²) in [7, 11) is -3.85. The molecule has 0 saturated carbocycles. The summed E-state index contributed by atoms with van der Waals surface area (Å²) in [5, 5.41) is 0. The van der Waals surface area contributed by atoms with Crippen LogP contribution in [0.3, 0.4) is 0 Å². The largest absolute Gasteiger partial charge is 0.295 e. The van der Waals surface area contributed by atoms with Crippen LogP contribution in [0.1, 0.15) is 30.0 Å². The number of sulfonamides is 1. The molecule has 0 saturated heterocycles. The van der Waals surface area contributed by atoms with Gasteiger partial charge in [-0.1, -0.05) is 47.5 Å². The zero-order valence-electron chi connectivity index (χ0n) is 17.5. The van der Waals surface area contributed by atoms with Crippen LogP contribution in [0.15, 0.2) is 76.2 Å². The van der Waals surface area contributed by atoms with Gasteiger partial charge in [0.05, 0.1) is 4.90 Å². The molecule has 0 unspecified atom stereocenters. The molecule has 0 bridgehead atoms. The number of benzene rings is 2. The number of nitrogens with zero attached hydrogens (tertiary/aromatic N) is 1. The highest BCUT2D eigenvalue weighted by molar-refractivity contribution is 8.02. The van der Waals surface area contributed by atoms with Gasteiger partial charge in [-0.25, -0.2) is 8.42 Å². The Labute approximate surface area is 182 Å². The Morgan fingerprint density at radius 1 is 0.967 bits per heavy atom. The molecule has 0 fully saturated rings. The Bertz CT molecular complexity index is 1160. The Morgan fingerprint density at radius 2 is 1.53 bits per heavy atom. The summed E-state index contributed by atoms with van der Waals surface area (Å²) in [4.78, 5) is 13.6. The Kier molecular flexibility index (Phi) is 5.19. The second-order valence-electron chi connectivity index (χ2n) is 7.98. The molecule has 1 heterocycles. The van der Waals surface area contributed by atoms with Crippen LogP contribution in [-0.2, 0) is 20.4 Å². The number of ketones is 1. The fourth-order valence-corrected chi connectivity index (χ4v) is 7.45. The van der Waals surface area contributed by atoms with Crippen molar-refractivity contribution >= 4 is 27.6 Å². The van der Waals surface area contributed by atoms with Crippen molar-refractivity contribution in [3.05, 3.63) is 88.0 Å². The van der Waals surface area contributed by atoms with E-state index in [2.05, 4.69) is 0 Å². The summed E-state index contributed by atoms with van der Waals surface area (Å²) < 4.78 is 29.5. The molecule has 4 nitrogen and oxygen atoms in total. The smallest absolute Gasteiger partial charge is 0.265 e. The van der Waals surface area contributed by atoms with Crippen molar-refractivity contribution in [1.29, 1.82) is 0 Å². The molecular formula is C24H25NO3S2. The summed E-state index contributed by atoms with van der Waals surface area (Å²) in [6, 6.07) is 14.9. The Balaban J connectivity index is 2.01. The van der Waals surface area contributed by atoms with Crippen LogP contribution in [-0.4, -0.2) is 24.8 Å². The first kappa shape index (κ1) is 20.9. The number of thioether (sulfide) groups is 1. The number of carbonyl (C=O) groups excluding carboxylic acids is 1. The number of hydrogen-bond acceptors (Lipinski definition) is 4. The average Bonchev–Trinajstić information content (AvgIpc) is 2.97. The zero-order valence-corrected chi connectivity index (χ0v) is 19.2. The minimum atomic E-state index is -3.85. The lowest BCUT2D eigenvalue weighted by Gasteiger charge is -2.43. The Hall–Kier alpha value is -2.31. The van der Waals surface area contributed by atoms with Crippen LogP contribution >= 0.6 is 11.8 Å². The van der Waals surface area contributed by atoms with Crippen molar-refractivity contribution in [2.75, 3.05) is 6.26 Å². The molecule has 2 aliphatic rings. The highest BCUT2D eigenvalue weighted by atomic mass is 32.2. The minimum absolute atomic E-state index is 0.0247. The third-order valence-corrected chi connectivity index (χ3v) is 9.01. The number of allylic oxidation sites excluding steroid dienone is 2. The fraction of sp³-hybridized carbons (Fsp3) is 0.292. The standard InChI is InChI=1S/C24H25NO3S2/c1-16-5-9-19(10-6-16)24-14-13-20(26)15-22(24)23(29-4)18(3)25(24)30(27,28)21-11-7-17(2)8-12-21/h5-14,22H,15H2,1-4H3/t22-,24+/m0/s1. The van der Waals surface area contributed by atoms with Crippen LogP contribution in [0.4, 0.5) is 0 Å². The molecule has 1 aliphatic carbocycles. The van der Waals surface area contributed by atoms with E-state index in [-0.39, 0.29) is 23.0 Å². The predicted octanol–water partition coefficient (Wildman–Crippen LogP) is 4.94. The molecular weight excluding hydrogens is 414 g/mol.